The van der Waals surface area contributed by atoms with Gasteiger partial charge in [-0.25, -0.2) is 15.0 Å². The van der Waals surface area contributed by atoms with E-state index in [0.717, 1.165) is 50.1 Å². The predicted octanol–water partition coefficient (Wildman–Crippen LogP) is 10.9. The molecule has 0 fully saturated rings. The summed E-state index contributed by atoms with van der Waals surface area (Å²) in [6, 6.07) is 60.4. The summed E-state index contributed by atoms with van der Waals surface area (Å²) in [4.78, 5) is 14.9. The van der Waals surface area contributed by atoms with Crippen LogP contribution in [0.15, 0.2) is 170 Å². The molecule has 3 heterocycles. The monoisotopic (exact) mass is 664 g/mol. The molecule has 0 atom stereocenters. The normalized spacial score (nSPS) is 11.4. The summed E-state index contributed by atoms with van der Waals surface area (Å²) in [7, 11) is 0. The molecular formula is C46H28N6. The molecule has 0 amide bonds. The molecule has 10 rings (SSSR count). The summed E-state index contributed by atoms with van der Waals surface area (Å²) in [6.45, 7) is 0. The molecule has 10 aromatic rings. The van der Waals surface area contributed by atoms with Crippen molar-refractivity contribution in [2.75, 3.05) is 0 Å². The fourth-order valence-electron chi connectivity index (χ4n) is 7.46. The lowest BCUT2D eigenvalue weighted by Gasteiger charge is -2.12. The number of hydrogen-bond donors (Lipinski definition) is 0. The topological polar surface area (TPSA) is 72.3 Å². The molecule has 0 unspecified atom stereocenters. The standard InChI is InChI=1S/C46H28N6/c47-29-30-22-24-32(25-23-30)45-48-44(31-12-3-1-4-13-31)49-46(50-45)33-14-11-17-35(28-33)52-39-20-9-7-18-36(39)37-26-27-41-42(43(37)52)38-19-8-10-21-40(38)51(41)34-15-5-2-6-16-34/h1-28H. The van der Waals surface area contributed by atoms with Gasteiger partial charge in [0.15, 0.2) is 17.5 Å². The third kappa shape index (κ3) is 4.68. The minimum absolute atomic E-state index is 0.547. The second-order valence-electron chi connectivity index (χ2n) is 12.8. The van der Waals surface area contributed by atoms with Crippen LogP contribution >= 0.6 is 0 Å². The van der Waals surface area contributed by atoms with Crippen molar-refractivity contribution in [2.24, 2.45) is 0 Å². The van der Waals surface area contributed by atoms with Crippen molar-refractivity contribution in [2.45, 2.75) is 0 Å². The number of nitriles is 1. The molecule has 242 valence electrons. The maximum absolute atomic E-state index is 9.39. The first kappa shape index (κ1) is 29.5. The third-order valence-electron chi connectivity index (χ3n) is 9.79. The lowest BCUT2D eigenvalue weighted by Crippen LogP contribution is -2.01. The SMILES string of the molecule is N#Cc1ccc(-c2nc(-c3ccccc3)nc(-c3cccc(-n4c5ccccc5c5ccc6c(c7ccccc7n6-c6ccccc6)c54)c3)n2)cc1. The van der Waals surface area contributed by atoms with Gasteiger partial charge >= 0.3 is 0 Å². The van der Waals surface area contributed by atoms with Crippen LogP contribution in [0, 0.1) is 11.3 Å². The molecule has 0 saturated carbocycles. The molecule has 0 radical (unpaired) electrons. The lowest BCUT2D eigenvalue weighted by molar-refractivity contribution is 1.07. The van der Waals surface area contributed by atoms with E-state index >= 15 is 0 Å². The van der Waals surface area contributed by atoms with Gasteiger partial charge in [0, 0.05) is 49.6 Å². The van der Waals surface area contributed by atoms with Gasteiger partial charge in [0.1, 0.15) is 0 Å². The van der Waals surface area contributed by atoms with Crippen molar-refractivity contribution < 1.29 is 0 Å². The predicted molar refractivity (Wildman–Crippen MR) is 210 cm³/mol. The Morgan fingerprint density at radius 2 is 0.962 bits per heavy atom. The van der Waals surface area contributed by atoms with Crippen molar-refractivity contribution in [1.29, 1.82) is 5.26 Å². The van der Waals surface area contributed by atoms with Crippen molar-refractivity contribution in [3.63, 3.8) is 0 Å². The van der Waals surface area contributed by atoms with Gasteiger partial charge in [0.2, 0.25) is 0 Å². The second-order valence-corrected chi connectivity index (χ2v) is 12.8. The highest BCUT2D eigenvalue weighted by atomic mass is 15.0. The highest BCUT2D eigenvalue weighted by Gasteiger charge is 2.21. The Morgan fingerprint density at radius 1 is 0.404 bits per heavy atom. The summed E-state index contributed by atoms with van der Waals surface area (Å²) in [6.07, 6.45) is 0. The average molecular weight is 665 g/mol. The maximum atomic E-state index is 9.39. The van der Waals surface area contributed by atoms with Gasteiger partial charge in [0.25, 0.3) is 0 Å². The van der Waals surface area contributed by atoms with E-state index in [1.165, 1.54) is 21.5 Å². The van der Waals surface area contributed by atoms with E-state index in [0.29, 0.717) is 23.0 Å². The Balaban J connectivity index is 1.24. The zero-order valence-corrected chi connectivity index (χ0v) is 27.8. The van der Waals surface area contributed by atoms with Crippen LogP contribution in [0.3, 0.4) is 0 Å². The largest absolute Gasteiger partial charge is 0.309 e. The van der Waals surface area contributed by atoms with Crippen LogP contribution in [0.4, 0.5) is 0 Å². The summed E-state index contributed by atoms with van der Waals surface area (Å²) >= 11 is 0. The number of fused-ring (bicyclic) bond motifs is 7. The first-order chi connectivity index (χ1) is 25.7. The first-order valence-electron chi connectivity index (χ1n) is 17.2. The average Bonchev–Trinajstić information content (AvgIpc) is 3.74. The highest BCUT2D eigenvalue weighted by Crippen LogP contribution is 2.42. The fourth-order valence-corrected chi connectivity index (χ4v) is 7.46. The number of nitrogens with zero attached hydrogens (tertiary/aromatic N) is 6. The fraction of sp³-hybridized carbons (Fsp3) is 0. The first-order valence-corrected chi connectivity index (χ1v) is 17.2. The van der Waals surface area contributed by atoms with Gasteiger partial charge in [-0.2, -0.15) is 5.26 Å². The number of hydrogen-bond acceptors (Lipinski definition) is 4. The zero-order chi connectivity index (χ0) is 34.6. The maximum Gasteiger partial charge on any atom is 0.164 e. The highest BCUT2D eigenvalue weighted by molar-refractivity contribution is 6.26. The van der Waals surface area contributed by atoms with Crippen molar-refractivity contribution in [3.8, 4) is 51.6 Å². The van der Waals surface area contributed by atoms with Crippen molar-refractivity contribution >= 4 is 43.6 Å². The molecule has 6 nitrogen and oxygen atoms in total. The van der Waals surface area contributed by atoms with Crippen LogP contribution in [-0.4, -0.2) is 24.1 Å². The summed E-state index contributed by atoms with van der Waals surface area (Å²) in [5, 5.41) is 14.2. The minimum atomic E-state index is 0.547. The van der Waals surface area contributed by atoms with E-state index in [1.807, 2.05) is 42.5 Å². The summed E-state index contributed by atoms with van der Waals surface area (Å²) in [5.41, 5.74) is 9.89. The molecule has 7 aromatic carbocycles. The number of aromatic nitrogens is 5. The van der Waals surface area contributed by atoms with Crippen molar-refractivity contribution in [3.05, 3.63) is 175 Å². The molecule has 0 spiro atoms. The van der Waals surface area contributed by atoms with Gasteiger partial charge < -0.3 is 9.13 Å². The third-order valence-corrected chi connectivity index (χ3v) is 9.79. The van der Waals surface area contributed by atoms with E-state index in [2.05, 4.69) is 130 Å². The smallest absolute Gasteiger partial charge is 0.164 e. The van der Waals surface area contributed by atoms with Gasteiger partial charge in [0.05, 0.1) is 33.7 Å². The van der Waals surface area contributed by atoms with Crippen LogP contribution in [-0.2, 0) is 0 Å². The molecular weight excluding hydrogens is 637 g/mol. The van der Waals surface area contributed by atoms with Crippen LogP contribution in [0.1, 0.15) is 5.56 Å². The zero-order valence-electron chi connectivity index (χ0n) is 27.8. The Morgan fingerprint density at radius 3 is 1.67 bits per heavy atom. The van der Waals surface area contributed by atoms with Crippen molar-refractivity contribution in [1.82, 2.24) is 24.1 Å². The second kappa shape index (κ2) is 11.9. The Hall–Kier alpha value is -7.36. The molecule has 0 aliphatic carbocycles. The van der Waals surface area contributed by atoms with Crippen LogP contribution < -0.4 is 0 Å². The van der Waals surface area contributed by atoms with E-state index in [4.69, 9.17) is 15.0 Å². The van der Waals surface area contributed by atoms with Gasteiger partial charge in [-0.15, -0.1) is 0 Å². The Kier molecular flexibility index (Phi) is 6.76. The lowest BCUT2D eigenvalue weighted by atomic mass is 10.1. The van der Waals surface area contributed by atoms with Crippen LogP contribution in [0.25, 0.3) is 89.2 Å². The minimum Gasteiger partial charge on any atom is -0.309 e. The Labute approximate surface area is 299 Å². The van der Waals surface area contributed by atoms with E-state index in [-0.39, 0.29) is 0 Å². The molecule has 0 saturated heterocycles. The number of para-hydroxylation sites is 3. The summed E-state index contributed by atoms with van der Waals surface area (Å²) in [5.74, 6) is 1.70. The quantitative estimate of drug-likeness (QED) is 0.184. The van der Waals surface area contributed by atoms with Gasteiger partial charge in [-0.1, -0.05) is 103 Å². The number of benzene rings is 7. The molecule has 0 aliphatic heterocycles. The van der Waals surface area contributed by atoms with Crippen LogP contribution in [0.2, 0.25) is 0 Å². The molecule has 6 heteroatoms. The Bertz CT molecular complexity index is 3010. The van der Waals surface area contributed by atoms with Gasteiger partial charge in [-0.3, -0.25) is 0 Å². The van der Waals surface area contributed by atoms with Gasteiger partial charge in [-0.05, 0) is 66.7 Å². The molecule has 0 aliphatic rings. The number of rotatable bonds is 5. The van der Waals surface area contributed by atoms with E-state index in [1.54, 1.807) is 12.1 Å². The molecule has 52 heavy (non-hydrogen) atoms. The summed E-state index contributed by atoms with van der Waals surface area (Å²) < 4.78 is 4.75. The van der Waals surface area contributed by atoms with Crippen LogP contribution in [0.5, 0.6) is 0 Å². The molecule has 3 aromatic heterocycles. The van der Waals surface area contributed by atoms with E-state index < -0.39 is 0 Å². The molecule has 0 N–H and O–H groups in total. The van der Waals surface area contributed by atoms with E-state index in [9.17, 15) is 5.26 Å². The molecule has 0 bridgehead atoms.